The number of hydrogen-bond donors (Lipinski definition) is 1. The molecule has 0 spiro atoms. The number of aromatic nitrogens is 4. The Bertz CT molecular complexity index is 1040. The summed E-state index contributed by atoms with van der Waals surface area (Å²) in [4.78, 5) is 16.4. The largest absolute Gasteiger partial charge is 0.378 e. The highest BCUT2D eigenvalue weighted by atomic mass is 32.1. The third-order valence-corrected chi connectivity index (χ3v) is 5.17. The fourth-order valence-electron chi connectivity index (χ4n) is 3.12. The molecule has 7 nitrogen and oxygen atoms in total. The average molecular weight is 378 g/mol. The molecule has 1 aliphatic rings. The second-order valence-corrected chi connectivity index (χ2v) is 7.01. The van der Waals surface area contributed by atoms with Gasteiger partial charge in [-0.05, 0) is 23.6 Å². The van der Waals surface area contributed by atoms with E-state index in [9.17, 15) is 0 Å². The third kappa shape index (κ3) is 3.13. The number of nitrogens with zero attached hydrogens (tertiary/aromatic N) is 5. The monoisotopic (exact) mass is 378 g/mol. The molecule has 0 atom stereocenters. The van der Waals surface area contributed by atoms with Crippen LogP contribution in [0.4, 0.5) is 17.5 Å². The topological polar surface area (TPSA) is 68.1 Å². The summed E-state index contributed by atoms with van der Waals surface area (Å²) in [6.07, 6.45) is 1.81. The number of rotatable bonds is 4. The number of imidazole rings is 1. The molecule has 0 amide bonds. The Balaban J connectivity index is 1.65. The van der Waals surface area contributed by atoms with Crippen molar-refractivity contribution in [2.75, 3.05) is 36.5 Å². The average Bonchev–Trinajstić information content (AvgIpc) is 3.39. The van der Waals surface area contributed by atoms with Gasteiger partial charge in [0.1, 0.15) is 6.33 Å². The minimum atomic E-state index is 0.687. The number of anilines is 3. The van der Waals surface area contributed by atoms with E-state index >= 15 is 0 Å². The number of fused-ring (bicyclic) bond motifs is 1. The van der Waals surface area contributed by atoms with E-state index in [2.05, 4.69) is 26.6 Å². The molecule has 3 aromatic heterocycles. The zero-order chi connectivity index (χ0) is 18.1. The zero-order valence-electron chi connectivity index (χ0n) is 14.6. The second-order valence-electron chi connectivity index (χ2n) is 6.23. The maximum absolute atomic E-state index is 5.47. The molecule has 1 saturated heterocycles. The van der Waals surface area contributed by atoms with Crippen LogP contribution in [0.5, 0.6) is 0 Å². The number of thiophene rings is 1. The lowest BCUT2D eigenvalue weighted by Crippen LogP contribution is -2.37. The van der Waals surface area contributed by atoms with Gasteiger partial charge in [0.05, 0.1) is 18.9 Å². The van der Waals surface area contributed by atoms with Crippen LogP contribution in [0.2, 0.25) is 0 Å². The molecule has 0 aliphatic carbocycles. The molecule has 1 fully saturated rings. The van der Waals surface area contributed by atoms with Gasteiger partial charge in [-0.2, -0.15) is 21.3 Å². The van der Waals surface area contributed by atoms with Gasteiger partial charge in [-0.3, -0.25) is 4.57 Å². The van der Waals surface area contributed by atoms with Gasteiger partial charge >= 0.3 is 0 Å². The molecule has 4 aromatic rings. The normalized spacial score (nSPS) is 14.6. The summed E-state index contributed by atoms with van der Waals surface area (Å²) >= 11 is 1.65. The summed E-state index contributed by atoms with van der Waals surface area (Å²) < 4.78 is 7.48. The van der Waals surface area contributed by atoms with Crippen molar-refractivity contribution < 1.29 is 4.74 Å². The van der Waals surface area contributed by atoms with Gasteiger partial charge in [0.2, 0.25) is 5.95 Å². The lowest BCUT2D eigenvalue weighted by molar-refractivity contribution is 0.122. The van der Waals surface area contributed by atoms with E-state index in [1.165, 1.54) is 0 Å². The molecule has 5 rings (SSSR count). The molecule has 0 radical (unpaired) electrons. The van der Waals surface area contributed by atoms with Gasteiger partial charge in [-0.15, -0.1) is 0 Å². The zero-order valence-corrected chi connectivity index (χ0v) is 15.4. The molecule has 1 N–H and O–H groups in total. The van der Waals surface area contributed by atoms with Crippen molar-refractivity contribution in [3.8, 4) is 5.69 Å². The molecule has 8 heteroatoms. The van der Waals surface area contributed by atoms with E-state index in [1.54, 1.807) is 17.7 Å². The Labute approximate surface area is 160 Å². The van der Waals surface area contributed by atoms with Crippen LogP contribution in [0.15, 0.2) is 53.5 Å². The van der Waals surface area contributed by atoms with Crippen molar-refractivity contribution in [1.29, 1.82) is 0 Å². The van der Waals surface area contributed by atoms with Gasteiger partial charge in [0, 0.05) is 24.2 Å². The molecule has 1 aromatic carbocycles. The lowest BCUT2D eigenvalue weighted by atomic mass is 10.3. The van der Waals surface area contributed by atoms with Gasteiger partial charge in [0.25, 0.3) is 0 Å². The highest BCUT2D eigenvalue weighted by Crippen LogP contribution is 2.28. The van der Waals surface area contributed by atoms with Crippen molar-refractivity contribution >= 4 is 40.0 Å². The van der Waals surface area contributed by atoms with Crippen LogP contribution < -0.4 is 10.2 Å². The number of benzene rings is 1. The first-order valence-electron chi connectivity index (χ1n) is 8.81. The lowest BCUT2D eigenvalue weighted by Gasteiger charge is -2.27. The fourth-order valence-corrected chi connectivity index (χ4v) is 3.75. The van der Waals surface area contributed by atoms with Crippen LogP contribution in [0.1, 0.15) is 0 Å². The molecule has 27 heavy (non-hydrogen) atoms. The first-order chi connectivity index (χ1) is 13.4. The van der Waals surface area contributed by atoms with Crippen molar-refractivity contribution in [2.24, 2.45) is 0 Å². The van der Waals surface area contributed by atoms with E-state index in [1.807, 2.05) is 40.3 Å². The maximum Gasteiger partial charge on any atom is 0.229 e. The fraction of sp³-hybridized carbons (Fsp3) is 0.211. The molecule has 0 bridgehead atoms. The summed E-state index contributed by atoms with van der Waals surface area (Å²) in [7, 11) is 0. The minimum Gasteiger partial charge on any atom is -0.378 e. The predicted molar refractivity (Wildman–Crippen MR) is 107 cm³/mol. The summed E-state index contributed by atoms with van der Waals surface area (Å²) in [6, 6.07) is 12.1. The smallest absolute Gasteiger partial charge is 0.229 e. The Morgan fingerprint density at radius 1 is 1.04 bits per heavy atom. The van der Waals surface area contributed by atoms with Gasteiger partial charge in [-0.1, -0.05) is 18.2 Å². The SMILES string of the molecule is c1ccc(Nc2nc(N3CCOCC3)nc3c2ncn3-c2ccsc2)cc1. The minimum absolute atomic E-state index is 0.687. The number of para-hydroxylation sites is 1. The van der Waals surface area contributed by atoms with Crippen molar-refractivity contribution in [2.45, 2.75) is 0 Å². The number of ether oxygens (including phenoxy) is 1. The summed E-state index contributed by atoms with van der Waals surface area (Å²) in [5.74, 6) is 1.41. The van der Waals surface area contributed by atoms with E-state index < -0.39 is 0 Å². The highest BCUT2D eigenvalue weighted by molar-refractivity contribution is 7.08. The van der Waals surface area contributed by atoms with Crippen LogP contribution in [0, 0.1) is 0 Å². The van der Waals surface area contributed by atoms with Crippen LogP contribution in [-0.4, -0.2) is 45.8 Å². The second kappa shape index (κ2) is 6.98. The Kier molecular flexibility index (Phi) is 4.19. The Morgan fingerprint density at radius 2 is 1.89 bits per heavy atom. The number of nitrogens with one attached hydrogen (secondary N) is 1. The van der Waals surface area contributed by atoms with Crippen molar-refractivity contribution in [3.05, 3.63) is 53.5 Å². The van der Waals surface area contributed by atoms with Crippen LogP contribution >= 0.6 is 11.3 Å². The Hall–Kier alpha value is -2.97. The molecular formula is C19H18N6OS. The van der Waals surface area contributed by atoms with Gasteiger partial charge in [-0.25, -0.2) is 4.98 Å². The van der Waals surface area contributed by atoms with Gasteiger partial charge in [0.15, 0.2) is 17.0 Å². The first-order valence-corrected chi connectivity index (χ1v) is 9.75. The molecule has 0 unspecified atom stereocenters. The summed E-state index contributed by atoms with van der Waals surface area (Å²) in [5, 5.41) is 7.54. The number of morpholine rings is 1. The molecule has 4 heterocycles. The molecule has 0 saturated carbocycles. The first kappa shape index (κ1) is 16.2. The number of hydrogen-bond acceptors (Lipinski definition) is 7. The van der Waals surface area contributed by atoms with Crippen molar-refractivity contribution in [1.82, 2.24) is 19.5 Å². The van der Waals surface area contributed by atoms with Crippen LogP contribution in [0.25, 0.3) is 16.9 Å². The van der Waals surface area contributed by atoms with Crippen LogP contribution in [-0.2, 0) is 4.74 Å². The van der Waals surface area contributed by atoms with Crippen molar-refractivity contribution in [3.63, 3.8) is 0 Å². The van der Waals surface area contributed by atoms with E-state index in [4.69, 9.17) is 14.7 Å². The summed E-state index contributed by atoms with van der Waals surface area (Å²) in [6.45, 7) is 2.94. The quantitative estimate of drug-likeness (QED) is 0.587. The van der Waals surface area contributed by atoms with E-state index in [0.717, 1.165) is 35.6 Å². The Morgan fingerprint density at radius 3 is 2.67 bits per heavy atom. The third-order valence-electron chi connectivity index (χ3n) is 4.50. The van der Waals surface area contributed by atoms with Gasteiger partial charge < -0.3 is 15.0 Å². The molecule has 1 aliphatic heterocycles. The van der Waals surface area contributed by atoms with E-state index in [0.29, 0.717) is 25.0 Å². The summed E-state index contributed by atoms with van der Waals surface area (Å²) in [5.41, 5.74) is 3.57. The molecular weight excluding hydrogens is 360 g/mol. The highest BCUT2D eigenvalue weighted by Gasteiger charge is 2.20. The van der Waals surface area contributed by atoms with E-state index in [-0.39, 0.29) is 0 Å². The maximum atomic E-state index is 5.47. The molecule has 136 valence electrons. The standard InChI is InChI=1S/C19H18N6OS/c1-2-4-14(5-3-1)21-17-16-18(25(13-20-16)15-6-11-27-12-15)23-19(22-17)24-7-9-26-10-8-24/h1-6,11-13H,7-10H2,(H,21,22,23). The predicted octanol–water partition coefficient (Wildman–Crippen LogP) is 3.46. The van der Waals surface area contributed by atoms with Crippen LogP contribution in [0.3, 0.4) is 0 Å².